The van der Waals surface area contributed by atoms with Gasteiger partial charge >= 0.3 is 0 Å². The fourth-order valence-electron chi connectivity index (χ4n) is 2.23. The molecule has 0 bridgehead atoms. The smallest absolute Gasteiger partial charge is 0.238 e. The fourth-order valence-corrected chi connectivity index (χ4v) is 3.67. The summed E-state index contributed by atoms with van der Waals surface area (Å²) in [6, 6.07) is 13.6. The van der Waals surface area contributed by atoms with E-state index in [-0.39, 0.29) is 15.8 Å². The average molecular weight is 349 g/mol. The van der Waals surface area contributed by atoms with E-state index in [0.29, 0.717) is 0 Å². The van der Waals surface area contributed by atoms with Gasteiger partial charge in [-0.3, -0.25) is 0 Å². The largest absolute Gasteiger partial charge is 0.499 e. The molecule has 2 aromatic carbocycles. The molecule has 0 amide bonds. The normalized spacial score (nSPS) is 11.6. The Kier molecular flexibility index (Phi) is 3.93. The number of hydrogen-bond donors (Lipinski definition) is 2. The molecule has 1 heterocycles. The summed E-state index contributed by atoms with van der Waals surface area (Å²) in [6.45, 7) is 0. The highest BCUT2D eigenvalue weighted by Gasteiger charge is 2.14. The van der Waals surface area contributed by atoms with Crippen molar-refractivity contribution in [3.8, 4) is 26.6 Å². The summed E-state index contributed by atoms with van der Waals surface area (Å²) >= 11 is 1.17. The Bertz CT molecular complexity index is 946. The Balaban J connectivity index is 2.09. The summed E-state index contributed by atoms with van der Waals surface area (Å²) in [5.41, 5.74) is 2.23. The quantitative estimate of drug-likeness (QED) is 0.758. The minimum atomic E-state index is -3.75. The number of nitrogens with two attached hydrogens (primary N) is 1. The first-order valence-electron chi connectivity index (χ1n) is 6.56. The van der Waals surface area contributed by atoms with Gasteiger partial charge in [-0.15, -0.1) is 0 Å². The lowest BCUT2D eigenvalue weighted by Gasteiger charge is -2.05. The first kappa shape index (κ1) is 15.7. The Morgan fingerprint density at radius 3 is 2.09 bits per heavy atom. The highest BCUT2D eigenvalue weighted by atomic mass is 32.2. The first-order valence-corrected chi connectivity index (χ1v) is 8.93. The molecule has 4 nitrogen and oxygen atoms in total. The second kappa shape index (κ2) is 5.77. The highest BCUT2D eigenvalue weighted by Crippen LogP contribution is 2.42. The second-order valence-electron chi connectivity index (χ2n) is 4.90. The molecule has 3 N–H and O–H groups in total. The summed E-state index contributed by atoms with van der Waals surface area (Å²) in [7, 11) is -3.75. The van der Waals surface area contributed by atoms with Gasteiger partial charge < -0.3 is 5.11 Å². The standard InChI is InChI=1S/C16H12FNO3S2/c17-12-5-1-11(2-6-12)16-14(9-15(19)22-16)10-3-7-13(8-4-10)23(18,20)21/h1-9,19H,(H2,18,20,21). The van der Waals surface area contributed by atoms with E-state index in [9.17, 15) is 17.9 Å². The molecular weight excluding hydrogens is 337 g/mol. The zero-order valence-corrected chi connectivity index (χ0v) is 13.4. The van der Waals surface area contributed by atoms with Crippen LogP contribution >= 0.6 is 11.3 Å². The number of aromatic hydroxyl groups is 1. The lowest BCUT2D eigenvalue weighted by atomic mass is 10.0. The van der Waals surface area contributed by atoms with E-state index in [1.54, 1.807) is 30.3 Å². The summed E-state index contributed by atoms with van der Waals surface area (Å²) in [5.74, 6) is -0.339. The van der Waals surface area contributed by atoms with E-state index in [1.807, 2.05) is 0 Å². The van der Waals surface area contributed by atoms with Crippen molar-refractivity contribution in [3.05, 3.63) is 60.4 Å². The van der Waals surface area contributed by atoms with Crippen LogP contribution in [0.2, 0.25) is 0 Å². The topological polar surface area (TPSA) is 80.4 Å². The predicted octanol–water partition coefficient (Wildman–Crippen LogP) is 3.57. The summed E-state index contributed by atoms with van der Waals surface area (Å²) in [4.78, 5) is 0.787. The van der Waals surface area contributed by atoms with Gasteiger partial charge in [-0.05, 0) is 35.4 Å². The Morgan fingerprint density at radius 1 is 0.957 bits per heavy atom. The lowest BCUT2D eigenvalue weighted by Crippen LogP contribution is -2.11. The van der Waals surface area contributed by atoms with Gasteiger partial charge in [0.05, 0.1) is 4.90 Å². The van der Waals surface area contributed by atoms with Crippen molar-refractivity contribution < 1.29 is 17.9 Å². The molecule has 118 valence electrons. The van der Waals surface area contributed by atoms with Crippen LogP contribution < -0.4 is 5.14 Å². The number of benzene rings is 2. The molecular formula is C16H12FNO3S2. The van der Waals surface area contributed by atoms with Gasteiger partial charge in [0.1, 0.15) is 5.82 Å². The van der Waals surface area contributed by atoms with Crippen molar-refractivity contribution in [1.82, 2.24) is 0 Å². The van der Waals surface area contributed by atoms with Crippen LogP contribution in [0.5, 0.6) is 5.06 Å². The van der Waals surface area contributed by atoms with Crippen molar-refractivity contribution in [2.75, 3.05) is 0 Å². The Hall–Kier alpha value is -2.22. The third kappa shape index (κ3) is 3.26. The predicted molar refractivity (Wildman–Crippen MR) is 88.2 cm³/mol. The third-order valence-electron chi connectivity index (χ3n) is 3.32. The lowest BCUT2D eigenvalue weighted by molar-refractivity contribution is 0.491. The van der Waals surface area contributed by atoms with Crippen molar-refractivity contribution in [2.45, 2.75) is 4.90 Å². The molecule has 23 heavy (non-hydrogen) atoms. The summed E-state index contributed by atoms with van der Waals surface area (Å²) in [6.07, 6.45) is 0. The zero-order chi connectivity index (χ0) is 16.6. The van der Waals surface area contributed by atoms with Crippen LogP contribution in [0.25, 0.3) is 21.6 Å². The van der Waals surface area contributed by atoms with Crippen LogP contribution in [0.1, 0.15) is 0 Å². The van der Waals surface area contributed by atoms with Crippen LogP contribution in [0.3, 0.4) is 0 Å². The Labute approximate surface area is 136 Å². The molecule has 3 aromatic rings. The van der Waals surface area contributed by atoms with Gasteiger partial charge in [-0.25, -0.2) is 17.9 Å². The molecule has 0 radical (unpaired) electrons. The zero-order valence-electron chi connectivity index (χ0n) is 11.7. The molecule has 3 rings (SSSR count). The number of thiophene rings is 1. The monoisotopic (exact) mass is 349 g/mol. The van der Waals surface area contributed by atoms with Crippen molar-refractivity contribution in [2.24, 2.45) is 5.14 Å². The maximum atomic E-state index is 13.1. The molecule has 7 heteroatoms. The third-order valence-corrected chi connectivity index (χ3v) is 5.24. The van der Waals surface area contributed by atoms with E-state index < -0.39 is 10.0 Å². The molecule has 0 spiro atoms. The molecule has 1 aromatic heterocycles. The van der Waals surface area contributed by atoms with Gasteiger partial charge in [0, 0.05) is 16.5 Å². The van der Waals surface area contributed by atoms with Gasteiger partial charge in [-0.2, -0.15) is 0 Å². The molecule has 0 aliphatic rings. The molecule has 0 atom stereocenters. The van der Waals surface area contributed by atoms with Crippen LogP contribution in [0.15, 0.2) is 59.5 Å². The summed E-state index contributed by atoms with van der Waals surface area (Å²) in [5, 5.41) is 15.0. The van der Waals surface area contributed by atoms with Gasteiger partial charge in [0.25, 0.3) is 0 Å². The van der Waals surface area contributed by atoms with Crippen LogP contribution in [0, 0.1) is 5.82 Å². The minimum absolute atomic E-state index is 0.0176. The number of primary sulfonamides is 1. The van der Waals surface area contributed by atoms with Gasteiger partial charge in [0.15, 0.2) is 5.06 Å². The number of hydrogen-bond acceptors (Lipinski definition) is 4. The second-order valence-corrected chi connectivity index (χ2v) is 7.50. The van der Waals surface area contributed by atoms with Crippen molar-refractivity contribution in [1.29, 1.82) is 0 Å². The maximum absolute atomic E-state index is 13.1. The molecule has 0 aliphatic carbocycles. The highest BCUT2D eigenvalue weighted by molar-refractivity contribution is 7.89. The van der Waals surface area contributed by atoms with Crippen LogP contribution in [-0.4, -0.2) is 13.5 Å². The molecule has 0 saturated heterocycles. The molecule has 0 saturated carbocycles. The van der Waals surface area contributed by atoms with E-state index >= 15 is 0 Å². The van der Waals surface area contributed by atoms with Crippen LogP contribution in [-0.2, 0) is 10.0 Å². The van der Waals surface area contributed by atoms with E-state index in [4.69, 9.17) is 5.14 Å². The fraction of sp³-hybridized carbons (Fsp3) is 0. The number of sulfonamides is 1. The van der Waals surface area contributed by atoms with E-state index in [0.717, 1.165) is 21.6 Å². The van der Waals surface area contributed by atoms with E-state index in [1.165, 1.54) is 35.6 Å². The van der Waals surface area contributed by atoms with Gasteiger partial charge in [-0.1, -0.05) is 35.6 Å². The molecule has 0 aliphatic heterocycles. The SMILES string of the molecule is NS(=O)(=O)c1ccc(-c2cc(O)sc2-c2ccc(F)cc2)cc1. The van der Waals surface area contributed by atoms with Crippen molar-refractivity contribution >= 4 is 21.4 Å². The molecule has 0 unspecified atom stereocenters. The number of halogens is 1. The average Bonchev–Trinajstić information content (AvgIpc) is 2.89. The Morgan fingerprint density at radius 2 is 1.52 bits per heavy atom. The first-order chi connectivity index (χ1) is 10.8. The maximum Gasteiger partial charge on any atom is 0.238 e. The molecule has 0 fully saturated rings. The summed E-state index contributed by atoms with van der Waals surface area (Å²) < 4.78 is 35.7. The number of rotatable bonds is 3. The van der Waals surface area contributed by atoms with Crippen LogP contribution in [0.4, 0.5) is 4.39 Å². The van der Waals surface area contributed by atoms with Gasteiger partial charge in [0.2, 0.25) is 10.0 Å². The van der Waals surface area contributed by atoms with E-state index in [2.05, 4.69) is 0 Å². The minimum Gasteiger partial charge on any atom is -0.499 e. The van der Waals surface area contributed by atoms with Crippen molar-refractivity contribution in [3.63, 3.8) is 0 Å².